The Morgan fingerprint density at radius 1 is 1.12 bits per heavy atom. The molecule has 0 spiro atoms. The van der Waals surface area contributed by atoms with E-state index >= 15 is 0 Å². The zero-order valence-corrected chi connectivity index (χ0v) is 11.2. The molecule has 0 bridgehead atoms. The lowest BCUT2D eigenvalue weighted by atomic mass is 9.88. The van der Waals surface area contributed by atoms with Crippen LogP contribution in [0, 0.1) is 5.92 Å². The molecule has 0 aromatic heterocycles. The van der Waals surface area contributed by atoms with E-state index in [0.717, 1.165) is 12.4 Å². The van der Waals surface area contributed by atoms with Crippen molar-refractivity contribution in [2.75, 3.05) is 20.1 Å². The van der Waals surface area contributed by atoms with E-state index in [1.165, 1.54) is 57.9 Å². The highest BCUT2D eigenvalue weighted by Crippen LogP contribution is 2.24. The number of piperidine rings is 1. The minimum absolute atomic E-state index is 0.581. The van der Waals surface area contributed by atoms with Crippen LogP contribution in [0.25, 0.3) is 0 Å². The van der Waals surface area contributed by atoms with Crippen LogP contribution in [-0.2, 0) is 0 Å². The van der Waals surface area contributed by atoms with Gasteiger partial charge in [-0.15, -0.1) is 0 Å². The van der Waals surface area contributed by atoms with Gasteiger partial charge in [-0.2, -0.15) is 0 Å². The molecule has 17 heavy (non-hydrogen) atoms. The van der Waals surface area contributed by atoms with Crippen LogP contribution in [0.4, 0.5) is 0 Å². The van der Waals surface area contributed by atoms with Gasteiger partial charge in [-0.25, -0.2) is 0 Å². The van der Waals surface area contributed by atoms with Crippen molar-refractivity contribution in [3.8, 4) is 0 Å². The molecule has 3 heteroatoms. The van der Waals surface area contributed by atoms with Crippen LogP contribution in [0.15, 0.2) is 4.99 Å². The van der Waals surface area contributed by atoms with Crippen molar-refractivity contribution in [2.45, 2.75) is 57.4 Å². The molecular formula is C14H27N3. The summed E-state index contributed by atoms with van der Waals surface area (Å²) in [5.41, 5.74) is 6.14. The smallest absolute Gasteiger partial charge is 0.0969 e. The molecule has 1 saturated heterocycles. The van der Waals surface area contributed by atoms with E-state index < -0.39 is 0 Å². The molecule has 1 atom stereocenters. The van der Waals surface area contributed by atoms with Crippen molar-refractivity contribution in [1.82, 2.24) is 4.90 Å². The van der Waals surface area contributed by atoms with Gasteiger partial charge in [-0.05, 0) is 39.3 Å². The first-order valence-electron chi connectivity index (χ1n) is 7.27. The fourth-order valence-corrected chi connectivity index (χ4v) is 3.11. The maximum Gasteiger partial charge on any atom is 0.0969 e. The summed E-state index contributed by atoms with van der Waals surface area (Å²) in [5, 5.41) is 0. The van der Waals surface area contributed by atoms with E-state index in [1.807, 2.05) is 0 Å². The quantitative estimate of drug-likeness (QED) is 0.605. The summed E-state index contributed by atoms with van der Waals surface area (Å²) in [6.45, 7) is 2.14. The van der Waals surface area contributed by atoms with Crippen molar-refractivity contribution >= 4 is 5.84 Å². The van der Waals surface area contributed by atoms with Crippen LogP contribution in [-0.4, -0.2) is 36.9 Å². The summed E-state index contributed by atoms with van der Waals surface area (Å²) in [4.78, 5) is 7.12. The number of hydrogen-bond donors (Lipinski definition) is 1. The van der Waals surface area contributed by atoms with Gasteiger partial charge in [0.05, 0.1) is 12.4 Å². The van der Waals surface area contributed by atoms with E-state index in [0.29, 0.717) is 12.0 Å². The molecule has 2 aliphatic rings. The minimum atomic E-state index is 0.581. The van der Waals surface area contributed by atoms with Gasteiger partial charge in [-0.3, -0.25) is 4.99 Å². The van der Waals surface area contributed by atoms with Crippen LogP contribution in [0.1, 0.15) is 51.4 Å². The predicted molar refractivity (Wildman–Crippen MR) is 73.3 cm³/mol. The van der Waals surface area contributed by atoms with E-state index in [4.69, 9.17) is 5.73 Å². The molecule has 1 heterocycles. The molecule has 1 aliphatic heterocycles. The minimum Gasteiger partial charge on any atom is -0.387 e. The lowest BCUT2D eigenvalue weighted by Gasteiger charge is -2.31. The van der Waals surface area contributed by atoms with Gasteiger partial charge in [-0.1, -0.05) is 25.7 Å². The topological polar surface area (TPSA) is 41.6 Å². The van der Waals surface area contributed by atoms with Gasteiger partial charge in [0.1, 0.15) is 0 Å². The number of nitrogens with two attached hydrogens (primary N) is 1. The molecule has 1 saturated carbocycles. The van der Waals surface area contributed by atoms with Crippen LogP contribution >= 0.6 is 0 Å². The third-order valence-electron chi connectivity index (χ3n) is 4.43. The molecule has 0 aromatic rings. The average Bonchev–Trinajstić information content (AvgIpc) is 2.38. The Bertz CT molecular complexity index is 256. The normalized spacial score (nSPS) is 29.5. The lowest BCUT2D eigenvalue weighted by molar-refractivity contribution is 0.191. The average molecular weight is 237 g/mol. The van der Waals surface area contributed by atoms with Crippen molar-refractivity contribution in [2.24, 2.45) is 16.6 Å². The summed E-state index contributed by atoms with van der Waals surface area (Å²) in [7, 11) is 2.22. The standard InChI is InChI=1S/C14H27N3/c1-17-10-6-5-9-13(17)11-16-14(15)12-7-3-2-4-8-12/h12-13H,2-11H2,1H3,(H2,15,16). The highest BCUT2D eigenvalue weighted by Gasteiger charge is 2.20. The molecular weight excluding hydrogens is 210 g/mol. The van der Waals surface area contributed by atoms with Crippen molar-refractivity contribution in [3.05, 3.63) is 0 Å². The Balaban J connectivity index is 1.81. The fraction of sp³-hybridized carbons (Fsp3) is 0.929. The molecule has 3 nitrogen and oxygen atoms in total. The number of aliphatic imine (C=N–C) groups is 1. The van der Waals surface area contributed by atoms with E-state index in [2.05, 4.69) is 16.9 Å². The summed E-state index contributed by atoms with van der Waals surface area (Å²) in [5.74, 6) is 1.52. The molecule has 0 radical (unpaired) electrons. The van der Waals surface area contributed by atoms with E-state index in [-0.39, 0.29) is 0 Å². The second-order valence-electron chi connectivity index (χ2n) is 5.73. The van der Waals surface area contributed by atoms with Crippen LogP contribution < -0.4 is 5.73 Å². The fourth-order valence-electron chi connectivity index (χ4n) is 3.11. The summed E-state index contributed by atoms with van der Waals surface area (Å²) < 4.78 is 0. The maximum atomic E-state index is 6.14. The SMILES string of the molecule is CN1CCCCC1CN=C(N)C1CCCCC1. The largest absolute Gasteiger partial charge is 0.387 e. The Kier molecular flexibility index (Phi) is 4.84. The van der Waals surface area contributed by atoms with Crippen molar-refractivity contribution in [3.63, 3.8) is 0 Å². The molecule has 1 unspecified atom stereocenters. The molecule has 98 valence electrons. The predicted octanol–water partition coefficient (Wildman–Crippen LogP) is 2.41. The van der Waals surface area contributed by atoms with Crippen molar-refractivity contribution in [1.29, 1.82) is 0 Å². The summed E-state index contributed by atoms with van der Waals surface area (Å²) in [6, 6.07) is 0.630. The zero-order valence-electron chi connectivity index (χ0n) is 11.2. The van der Waals surface area contributed by atoms with E-state index in [9.17, 15) is 0 Å². The van der Waals surface area contributed by atoms with Gasteiger partial charge in [0.25, 0.3) is 0 Å². The first-order chi connectivity index (χ1) is 8.27. The van der Waals surface area contributed by atoms with Crippen LogP contribution in [0.2, 0.25) is 0 Å². The van der Waals surface area contributed by atoms with Gasteiger partial charge >= 0.3 is 0 Å². The van der Waals surface area contributed by atoms with Crippen molar-refractivity contribution < 1.29 is 0 Å². The number of likely N-dealkylation sites (tertiary alicyclic amines) is 1. The molecule has 2 rings (SSSR count). The Labute approximate surface area is 105 Å². The molecule has 0 amide bonds. The number of likely N-dealkylation sites (N-methyl/N-ethyl adjacent to an activating group) is 1. The number of nitrogens with zero attached hydrogens (tertiary/aromatic N) is 2. The molecule has 2 N–H and O–H groups in total. The summed E-state index contributed by atoms with van der Waals surface area (Å²) >= 11 is 0. The van der Waals surface area contributed by atoms with Crippen LogP contribution in [0.5, 0.6) is 0 Å². The van der Waals surface area contributed by atoms with Crippen LogP contribution in [0.3, 0.4) is 0 Å². The van der Waals surface area contributed by atoms with Gasteiger partial charge < -0.3 is 10.6 Å². The monoisotopic (exact) mass is 237 g/mol. The lowest BCUT2D eigenvalue weighted by Crippen LogP contribution is -2.39. The second kappa shape index (κ2) is 6.39. The van der Waals surface area contributed by atoms with Gasteiger partial charge in [0, 0.05) is 12.0 Å². The zero-order chi connectivity index (χ0) is 12.1. The maximum absolute atomic E-state index is 6.14. The number of hydrogen-bond acceptors (Lipinski definition) is 2. The first kappa shape index (κ1) is 12.9. The number of amidine groups is 1. The Hall–Kier alpha value is -0.570. The first-order valence-corrected chi connectivity index (χ1v) is 7.27. The number of rotatable bonds is 3. The molecule has 2 fully saturated rings. The third kappa shape index (κ3) is 3.70. The Morgan fingerprint density at radius 3 is 2.53 bits per heavy atom. The molecule has 0 aromatic carbocycles. The highest BCUT2D eigenvalue weighted by atomic mass is 15.1. The van der Waals surface area contributed by atoms with E-state index in [1.54, 1.807) is 0 Å². The molecule has 1 aliphatic carbocycles. The highest BCUT2D eigenvalue weighted by molar-refractivity contribution is 5.82. The summed E-state index contributed by atoms with van der Waals surface area (Å²) in [6.07, 6.45) is 10.6. The Morgan fingerprint density at radius 2 is 1.82 bits per heavy atom. The van der Waals surface area contributed by atoms with Gasteiger partial charge in [0.2, 0.25) is 0 Å². The second-order valence-corrected chi connectivity index (χ2v) is 5.73. The van der Waals surface area contributed by atoms with Gasteiger partial charge in [0.15, 0.2) is 0 Å². The third-order valence-corrected chi connectivity index (χ3v) is 4.43.